The average molecular weight is 263 g/mol. The van der Waals surface area contributed by atoms with Crippen LogP contribution in [0.2, 0.25) is 0 Å². The van der Waals surface area contributed by atoms with E-state index < -0.39 is 0 Å². The summed E-state index contributed by atoms with van der Waals surface area (Å²) in [5.74, 6) is -0.239. The van der Waals surface area contributed by atoms with Crippen LogP contribution >= 0.6 is 11.8 Å². The van der Waals surface area contributed by atoms with Crippen LogP contribution in [-0.4, -0.2) is 24.4 Å². The molecule has 0 aromatic heterocycles. The van der Waals surface area contributed by atoms with Gasteiger partial charge in [0.2, 0.25) is 0 Å². The van der Waals surface area contributed by atoms with Gasteiger partial charge in [-0.2, -0.15) is 0 Å². The maximum Gasteiger partial charge on any atom is 0.282 e. The number of benzene rings is 1. The van der Waals surface area contributed by atoms with Crippen molar-refractivity contribution in [1.29, 1.82) is 0 Å². The van der Waals surface area contributed by atoms with Gasteiger partial charge in [-0.3, -0.25) is 4.79 Å². The van der Waals surface area contributed by atoms with Gasteiger partial charge >= 0.3 is 0 Å². The van der Waals surface area contributed by atoms with E-state index in [1.165, 1.54) is 11.8 Å². The van der Waals surface area contributed by atoms with Crippen LogP contribution in [0.4, 0.5) is 5.69 Å². The fraction of sp³-hybridized carbons (Fsp3) is 0.167. The monoisotopic (exact) mass is 263 g/mol. The number of anilines is 1. The summed E-state index contributed by atoms with van der Waals surface area (Å²) in [7, 11) is 3.97. The van der Waals surface area contributed by atoms with Crippen LogP contribution < -0.4 is 4.90 Å². The second-order valence-corrected chi connectivity index (χ2v) is 5.46. The molecule has 0 saturated carbocycles. The van der Waals surface area contributed by atoms with Crippen molar-refractivity contribution in [2.75, 3.05) is 19.0 Å². The fourth-order valence-corrected chi connectivity index (χ4v) is 2.41. The Kier molecular flexibility index (Phi) is 3.49. The van der Waals surface area contributed by atoms with Gasteiger partial charge in [0.15, 0.2) is 0 Å². The minimum atomic E-state index is -0.239. The Labute approximate surface area is 110 Å². The van der Waals surface area contributed by atoms with Crippen molar-refractivity contribution in [2.45, 2.75) is 0 Å². The molecule has 1 aromatic rings. The third-order valence-corrected chi connectivity index (χ3v) is 3.43. The van der Waals surface area contributed by atoms with Crippen molar-refractivity contribution in [3.8, 4) is 0 Å². The predicted octanol–water partition coefficient (Wildman–Crippen LogP) is 2.27. The fourth-order valence-electron chi connectivity index (χ4n) is 1.41. The molecule has 0 aliphatic carbocycles. The number of amides is 1. The van der Waals surface area contributed by atoms with Gasteiger partial charge in [-0.25, -0.2) is 4.99 Å². The number of thioether (sulfide) groups is 1. The molecule has 3 nitrogen and oxygen atoms in total. The number of hydrogen-bond donors (Lipinski definition) is 0. The Hall–Kier alpha value is -1.33. The van der Waals surface area contributed by atoms with E-state index in [4.69, 9.17) is 12.6 Å². The zero-order chi connectivity index (χ0) is 12.4. The van der Waals surface area contributed by atoms with Crippen LogP contribution in [-0.2, 0) is 17.4 Å². The molecule has 0 atom stereocenters. The summed E-state index contributed by atoms with van der Waals surface area (Å²) >= 11 is 6.12. The highest BCUT2D eigenvalue weighted by atomic mass is 32.2. The molecule has 0 radical (unpaired) electrons. The SMILES string of the molecule is CN(C)c1ccc(/C=C2/SC([S-])=NC2=O)cc1. The van der Waals surface area contributed by atoms with Gasteiger partial charge in [-0.05, 0) is 28.1 Å². The van der Waals surface area contributed by atoms with Gasteiger partial charge in [0.05, 0.1) is 4.91 Å². The van der Waals surface area contributed by atoms with Gasteiger partial charge in [0, 0.05) is 19.8 Å². The highest BCUT2D eigenvalue weighted by Crippen LogP contribution is 2.28. The topological polar surface area (TPSA) is 32.7 Å². The molecule has 0 bridgehead atoms. The first kappa shape index (κ1) is 12.1. The maximum atomic E-state index is 11.4. The summed E-state index contributed by atoms with van der Waals surface area (Å²) in [6, 6.07) is 7.95. The first-order chi connectivity index (χ1) is 8.06. The van der Waals surface area contributed by atoms with Crippen molar-refractivity contribution in [3.63, 3.8) is 0 Å². The van der Waals surface area contributed by atoms with E-state index in [0.29, 0.717) is 9.28 Å². The molecule has 0 unspecified atom stereocenters. The zero-order valence-corrected chi connectivity index (χ0v) is 11.1. The molecule has 1 heterocycles. The van der Waals surface area contributed by atoms with Gasteiger partial charge in [0.25, 0.3) is 5.91 Å². The summed E-state index contributed by atoms with van der Waals surface area (Å²) in [6.07, 6.45) is 1.81. The lowest BCUT2D eigenvalue weighted by molar-refractivity contribution is -0.113. The van der Waals surface area contributed by atoms with Crippen molar-refractivity contribution in [1.82, 2.24) is 0 Å². The standard InChI is InChI=1S/C12H12N2OS2/c1-14(2)9-5-3-8(4-6-9)7-10-11(15)13-12(16)17-10/h3-7H,1-2H3,(H,13,15,16)/p-1/b10-7+. The quantitative estimate of drug-likeness (QED) is 0.605. The number of aliphatic imine (C=N–C) groups is 1. The molecular weight excluding hydrogens is 252 g/mol. The van der Waals surface area contributed by atoms with E-state index in [1.807, 2.05) is 49.3 Å². The Balaban J connectivity index is 2.20. The molecule has 1 aliphatic rings. The Morgan fingerprint density at radius 2 is 1.94 bits per heavy atom. The predicted molar refractivity (Wildman–Crippen MR) is 76.1 cm³/mol. The largest absolute Gasteiger partial charge is 0.753 e. The molecule has 1 aromatic carbocycles. The summed E-state index contributed by atoms with van der Waals surface area (Å²) in [4.78, 5) is 17.7. The van der Waals surface area contributed by atoms with Crippen molar-refractivity contribution in [3.05, 3.63) is 34.7 Å². The van der Waals surface area contributed by atoms with Crippen LogP contribution in [0.5, 0.6) is 0 Å². The highest BCUT2D eigenvalue weighted by molar-refractivity contribution is 8.30. The highest BCUT2D eigenvalue weighted by Gasteiger charge is 2.14. The zero-order valence-electron chi connectivity index (χ0n) is 9.51. The molecule has 0 N–H and O–H groups in total. The third kappa shape index (κ3) is 2.87. The Morgan fingerprint density at radius 3 is 2.41 bits per heavy atom. The summed E-state index contributed by atoms with van der Waals surface area (Å²) in [5, 5.41) is 0. The van der Waals surface area contributed by atoms with Crippen LogP contribution in [0.25, 0.3) is 6.08 Å². The first-order valence-corrected chi connectivity index (χ1v) is 6.26. The summed E-state index contributed by atoms with van der Waals surface area (Å²) in [5.41, 5.74) is 2.10. The van der Waals surface area contributed by atoms with Crippen LogP contribution in [0.3, 0.4) is 0 Å². The first-order valence-electron chi connectivity index (χ1n) is 5.03. The second kappa shape index (κ2) is 4.89. The average Bonchev–Trinajstić information content (AvgIpc) is 2.58. The molecule has 1 amide bonds. The lowest BCUT2D eigenvalue weighted by Crippen LogP contribution is -2.07. The molecule has 2 rings (SSSR count). The van der Waals surface area contributed by atoms with Crippen LogP contribution in [0.15, 0.2) is 34.2 Å². The van der Waals surface area contributed by atoms with Gasteiger partial charge < -0.3 is 17.5 Å². The third-order valence-electron chi connectivity index (χ3n) is 2.31. The minimum absolute atomic E-state index is 0.239. The Bertz CT molecular complexity index is 504. The van der Waals surface area contributed by atoms with Gasteiger partial charge in [-0.15, -0.1) is 0 Å². The molecule has 5 heteroatoms. The number of hydrogen-bond acceptors (Lipinski definition) is 4. The maximum absolute atomic E-state index is 11.4. The number of carbonyl (C=O) groups is 1. The van der Waals surface area contributed by atoms with E-state index in [1.54, 1.807) is 0 Å². The van der Waals surface area contributed by atoms with Crippen LogP contribution in [0.1, 0.15) is 5.56 Å². The number of carbonyl (C=O) groups excluding carboxylic acids is 1. The van der Waals surface area contributed by atoms with Gasteiger partial charge in [0.1, 0.15) is 0 Å². The van der Waals surface area contributed by atoms with E-state index in [9.17, 15) is 4.79 Å². The van der Waals surface area contributed by atoms with E-state index in [0.717, 1.165) is 11.3 Å². The molecule has 0 fully saturated rings. The minimum Gasteiger partial charge on any atom is -0.753 e. The molecular formula is C12H11N2OS2-. The van der Waals surface area contributed by atoms with Gasteiger partial charge in [-0.1, -0.05) is 23.9 Å². The summed E-state index contributed by atoms with van der Waals surface area (Å²) < 4.78 is 0.395. The second-order valence-electron chi connectivity index (χ2n) is 3.78. The Morgan fingerprint density at radius 1 is 1.29 bits per heavy atom. The molecule has 88 valence electrons. The lowest BCUT2D eigenvalue weighted by Gasteiger charge is -2.11. The lowest BCUT2D eigenvalue weighted by atomic mass is 10.2. The number of rotatable bonds is 2. The normalized spacial score (nSPS) is 17.4. The van der Waals surface area contributed by atoms with Crippen molar-refractivity contribution >= 4 is 46.4 Å². The molecule has 17 heavy (non-hydrogen) atoms. The molecule has 0 spiro atoms. The van der Waals surface area contributed by atoms with E-state index >= 15 is 0 Å². The summed E-state index contributed by atoms with van der Waals surface area (Å²) in [6.45, 7) is 0. The molecule has 1 aliphatic heterocycles. The van der Waals surface area contributed by atoms with E-state index in [2.05, 4.69) is 4.99 Å². The molecule has 0 saturated heterocycles. The van der Waals surface area contributed by atoms with Crippen molar-refractivity contribution in [2.24, 2.45) is 4.99 Å². The van der Waals surface area contributed by atoms with Crippen molar-refractivity contribution < 1.29 is 4.79 Å². The van der Waals surface area contributed by atoms with E-state index in [-0.39, 0.29) is 5.91 Å². The smallest absolute Gasteiger partial charge is 0.282 e. The van der Waals surface area contributed by atoms with Crippen LogP contribution in [0, 0.1) is 0 Å². The number of nitrogens with zero attached hydrogens (tertiary/aromatic N) is 2.